The van der Waals surface area contributed by atoms with Gasteiger partial charge in [0.25, 0.3) is 5.09 Å². The van der Waals surface area contributed by atoms with Crippen LogP contribution in [0.3, 0.4) is 0 Å². The summed E-state index contributed by atoms with van der Waals surface area (Å²) >= 11 is 0. The standard InChI is InChI=1S/ClH.HNO3.Na.Sn.3H/c;2-1(3)4;;;;;/h1H;(H,2,3,4);;;;;. The SMILES string of the molecule is Cl.O=[N+]([O-])O.[NaH].[SnH2]. The molecule has 0 spiro atoms. The van der Waals surface area contributed by atoms with E-state index in [1.807, 2.05) is 0 Å². The molecule has 0 aliphatic carbocycles. The number of hydrogen-bond donors (Lipinski definition) is 1. The minimum absolute atomic E-state index is 0. The molecule has 0 aromatic carbocycles. The van der Waals surface area contributed by atoms with E-state index in [1.54, 1.807) is 0 Å². The Morgan fingerprint density at radius 1 is 1.57 bits per heavy atom. The Balaban J connectivity index is -0.0000000150. The summed E-state index contributed by atoms with van der Waals surface area (Å²) in [5.41, 5.74) is 0. The normalized spacial score (nSPS) is 3.43. The molecule has 1 N–H and O–H groups in total. The van der Waals surface area contributed by atoms with Gasteiger partial charge in [0.1, 0.15) is 0 Å². The number of nitrogens with zero attached hydrogens (tertiary/aromatic N) is 1. The molecule has 7 heavy (non-hydrogen) atoms. The van der Waals surface area contributed by atoms with Crippen molar-refractivity contribution in [1.82, 2.24) is 0 Å². The third-order valence-corrected chi connectivity index (χ3v) is 0. The van der Waals surface area contributed by atoms with Gasteiger partial charge in [0.15, 0.2) is 0 Å². The molecular weight excluding hydrogens is 239 g/mol. The quantitative estimate of drug-likeness (QED) is 0.321. The van der Waals surface area contributed by atoms with Gasteiger partial charge in [0, 0.05) is 0 Å². The Hall–Kier alpha value is 1.29. The molecule has 7 heteroatoms. The Morgan fingerprint density at radius 2 is 1.57 bits per heavy atom. The molecule has 0 bridgehead atoms. The van der Waals surface area contributed by atoms with E-state index >= 15 is 0 Å². The molecule has 2 radical (unpaired) electrons. The third-order valence-electron chi connectivity index (χ3n) is 0. The molecule has 0 saturated heterocycles. The summed E-state index contributed by atoms with van der Waals surface area (Å²) in [7, 11) is 0. The molecule has 0 atom stereocenters. The van der Waals surface area contributed by atoms with Gasteiger partial charge in [-0.15, -0.1) is 22.5 Å². The zero-order chi connectivity index (χ0) is 3.58. The summed E-state index contributed by atoms with van der Waals surface area (Å²) in [5, 5.41) is 13.6. The van der Waals surface area contributed by atoms with Gasteiger partial charge >= 0.3 is 53.5 Å². The van der Waals surface area contributed by atoms with Gasteiger partial charge in [0.2, 0.25) is 0 Å². The summed E-state index contributed by atoms with van der Waals surface area (Å²) in [6.45, 7) is 0. The molecule has 0 aliphatic heterocycles. The second-order valence-electron chi connectivity index (χ2n) is 0.238. The maximum atomic E-state index is 8.36. The predicted molar refractivity (Wildman–Crippen MR) is 31.7 cm³/mol. The maximum absolute atomic E-state index is 8.36. The van der Waals surface area contributed by atoms with Gasteiger partial charge in [-0.1, -0.05) is 0 Å². The molecule has 0 saturated carbocycles. The molecule has 0 fully saturated rings. The van der Waals surface area contributed by atoms with Crippen molar-refractivity contribution in [2.24, 2.45) is 0 Å². The van der Waals surface area contributed by atoms with E-state index in [2.05, 4.69) is 0 Å². The van der Waals surface area contributed by atoms with Gasteiger partial charge in [-0.05, 0) is 0 Å². The van der Waals surface area contributed by atoms with Crippen LogP contribution in [-0.4, -0.2) is 63.8 Å². The average molecular weight is 244 g/mol. The number of rotatable bonds is 0. The van der Waals surface area contributed by atoms with Gasteiger partial charge in [-0.3, -0.25) is 0 Å². The van der Waals surface area contributed by atoms with Crippen molar-refractivity contribution in [3.8, 4) is 0 Å². The van der Waals surface area contributed by atoms with E-state index in [0.717, 1.165) is 0 Å². The van der Waals surface area contributed by atoms with E-state index < -0.39 is 5.09 Å². The van der Waals surface area contributed by atoms with E-state index in [-0.39, 0.29) is 65.9 Å². The van der Waals surface area contributed by atoms with Crippen LogP contribution in [0.4, 0.5) is 0 Å². The van der Waals surface area contributed by atoms with Crippen LogP contribution < -0.4 is 0 Å². The second-order valence-corrected chi connectivity index (χ2v) is 0.238. The minimum atomic E-state index is -1.50. The van der Waals surface area contributed by atoms with Crippen molar-refractivity contribution in [3.63, 3.8) is 0 Å². The van der Waals surface area contributed by atoms with Gasteiger partial charge in [-0.25, -0.2) is 0 Å². The Morgan fingerprint density at radius 3 is 1.57 bits per heavy atom. The molecule has 0 rings (SSSR count). The third kappa shape index (κ3) is 123. The Kier molecular flexibility index (Phi) is 53.6. The van der Waals surface area contributed by atoms with Crippen LogP contribution in [0.15, 0.2) is 0 Å². The van der Waals surface area contributed by atoms with Crippen molar-refractivity contribution in [1.29, 1.82) is 0 Å². The molecule has 40 valence electrons. The molecule has 0 heterocycles. The van der Waals surface area contributed by atoms with E-state index in [4.69, 9.17) is 15.3 Å². The Labute approximate surface area is 85.4 Å². The van der Waals surface area contributed by atoms with Crippen LogP contribution in [-0.2, 0) is 0 Å². The van der Waals surface area contributed by atoms with Crippen LogP contribution in [0.25, 0.3) is 0 Å². The van der Waals surface area contributed by atoms with Crippen LogP contribution in [0.2, 0.25) is 0 Å². The Bertz CT molecular complexity index is 37.9. The van der Waals surface area contributed by atoms with E-state index in [1.165, 1.54) is 0 Å². The molecule has 0 aromatic rings. The van der Waals surface area contributed by atoms with Crippen molar-refractivity contribution < 1.29 is 10.3 Å². The van der Waals surface area contributed by atoms with Crippen molar-refractivity contribution in [3.05, 3.63) is 10.1 Å². The molecule has 0 aromatic heterocycles. The van der Waals surface area contributed by atoms with Crippen molar-refractivity contribution >= 4 is 65.9 Å². The fraction of sp³-hybridized carbons (Fsp3) is 0. The summed E-state index contributed by atoms with van der Waals surface area (Å²) in [5.74, 6) is 0. The molecule has 4 nitrogen and oxygen atoms in total. The first-order chi connectivity index (χ1) is 1.73. The molecular formula is H5ClNNaO3Sn. The van der Waals surface area contributed by atoms with Gasteiger partial charge in [0.05, 0.1) is 0 Å². The van der Waals surface area contributed by atoms with Gasteiger partial charge in [-0.2, -0.15) is 0 Å². The zero-order valence-electron chi connectivity index (χ0n) is 2.83. The average Bonchev–Trinajstić information content (AvgIpc) is 0.811. The number of halogens is 1. The summed E-state index contributed by atoms with van der Waals surface area (Å²) in [4.78, 5) is 8.36. The molecule has 0 aliphatic rings. The van der Waals surface area contributed by atoms with Crippen molar-refractivity contribution in [2.75, 3.05) is 0 Å². The predicted octanol–water partition coefficient (Wildman–Crippen LogP) is -1.49. The van der Waals surface area contributed by atoms with Crippen LogP contribution in [0.1, 0.15) is 0 Å². The fourth-order valence-electron chi connectivity index (χ4n) is 0. The topological polar surface area (TPSA) is 63.4 Å². The monoisotopic (exact) mass is 245 g/mol. The van der Waals surface area contributed by atoms with E-state index in [0.29, 0.717) is 0 Å². The fourth-order valence-corrected chi connectivity index (χ4v) is 0. The van der Waals surface area contributed by atoms with Crippen LogP contribution in [0.5, 0.6) is 0 Å². The van der Waals surface area contributed by atoms with Crippen LogP contribution >= 0.6 is 12.4 Å². The first kappa shape index (κ1) is 23.9. The summed E-state index contributed by atoms with van der Waals surface area (Å²) in [6.07, 6.45) is 0. The first-order valence-electron chi connectivity index (χ1n) is 0.565. The second kappa shape index (κ2) is 15.7. The first-order valence-corrected chi connectivity index (χ1v) is 0.565. The van der Waals surface area contributed by atoms with E-state index in [9.17, 15) is 0 Å². The molecule has 0 amide bonds. The number of hydrogen-bond acceptors (Lipinski definition) is 2. The zero-order valence-corrected chi connectivity index (χ0v) is 7.68. The van der Waals surface area contributed by atoms with Gasteiger partial charge < -0.3 is 5.21 Å². The summed E-state index contributed by atoms with van der Waals surface area (Å²) in [6, 6.07) is 0. The summed E-state index contributed by atoms with van der Waals surface area (Å²) < 4.78 is 0. The van der Waals surface area contributed by atoms with Crippen molar-refractivity contribution in [2.45, 2.75) is 0 Å². The molecule has 0 unspecified atom stereocenters. The van der Waals surface area contributed by atoms with Crippen LogP contribution in [0, 0.1) is 10.1 Å².